The second-order valence-electron chi connectivity index (χ2n) is 6.36. The third-order valence-electron chi connectivity index (χ3n) is 3.08. The molecule has 2 rings (SSSR count). The molecule has 6 heteroatoms. The number of hydrogen-bond acceptors (Lipinski definition) is 2. The van der Waals surface area contributed by atoms with Crippen molar-refractivity contribution in [3.63, 3.8) is 0 Å². The van der Waals surface area contributed by atoms with Crippen LogP contribution in [0.4, 0.5) is 10.1 Å². The molecule has 0 aliphatic carbocycles. The van der Waals surface area contributed by atoms with E-state index in [0.29, 0.717) is 16.8 Å². The van der Waals surface area contributed by atoms with Crippen LogP contribution in [-0.4, -0.2) is 17.4 Å². The van der Waals surface area contributed by atoms with Crippen LogP contribution in [0.2, 0.25) is 5.02 Å². The highest BCUT2D eigenvalue weighted by atomic mass is 35.5. The molecule has 0 radical (unpaired) electrons. The molecule has 2 amide bonds. The van der Waals surface area contributed by atoms with Gasteiger partial charge in [0.05, 0.1) is 5.02 Å². The average molecular weight is 349 g/mol. The predicted octanol–water partition coefficient (Wildman–Crippen LogP) is 4.26. The van der Waals surface area contributed by atoms with Crippen LogP contribution in [-0.2, 0) is 0 Å². The highest BCUT2D eigenvalue weighted by Crippen LogP contribution is 2.20. The normalized spacial score (nSPS) is 11.0. The number of anilines is 1. The third-order valence-corrected chi connectivity index (χ3v) is 3.36. The zero-order chi connectivity index (χ0) is 17.9. The van der Waals surface area contributed by atoms with Gasteiger partial charge in [-0.15, -0.1) is 0 Å². The summed E-state index contributed by atoms with van der Waals surface area (Å²) in [5.41, 5.74) is 0.893. The standard InChI is InChI=1S/C18H18ClFN2O2/c1-18(2,3)22-17(24)12-6-4-11(5-7-12)16(23)21-13-8-9-15(20)14(19)10-13/h4-10H,1-3H3,(H,21,23)(H,22,24). The molecule has 0 aliphatic heterocycles. The Kier molecular flexibility index (Phi) is 5.24. The van der Waals surface area contributed by atoms with Crippen LogP contribution in [0.3, 0.4) is 0 Å². The monoisotopic (exact) mass is 348 g/mol. The van der Waals surface area contributed by atoms with Crippen molar-refractivity contribution < 1.29 is 14.0 Å². The second-order valence-corrected chi connectivity index (χ2v) is 6.77. The quantitative estimate of drug-likeness (QED) is 0.870. The minimum absolute atomic E-state index is 0.0676. The van der Waals surface area contributed by atoms with Gasteiger partial charge in [-0.1, -0.05) is 11.6 Å². The molecule has 126 valence electrons. The van der Waals surface area contributed by atoms with Crippen molar-refractivity contribution in [2.24, 2.45) is 0 Å². The van der Waals surface area contributed by atoms with E-state index in [0.717, 1.165) is 0 Å². The van der Waals surface area contributed by atoms with Gasteiger partial charge in [0.25, 0.3) is 11.8 Å². The van der Waals surface area contributed by atoms with E-state index >= 15 is 0 Å². The summed E-state index contributed by atoms with van der Waals surface area (Å²) in [6.07, 6.45) is 0. The van der Waals surface area contributed by atoms with E-state index in [2.05, 4.69) is 10.6 Å². The molecule has 2 aromatic carbocycles. The molecular weight excluding hydrogens is 331 g/mol. The lowest BCUT2D eigenvalue weighted by atomic mass is 10.1. The summed E-state index contributed by atoms with van der Waals surface area (Å²) >= 11 is 5.68. The molecule has 0 spiro atoms. The van der Waals surface area contributed by atoms with Crippen molar-refractivity contribution >= 4 is 29.1 Å². The van der Waals surface area contributed by atoms with E-state index in [9.17, 15) is 14.0 Å². The summed E-state index contributed by atoms with van der Waals surface area (Å²) in [5, 5.41) is 5.40. The zero-order valence-electron chi connectivity index (χ0n) is 13.6. The van der Waals surface area contributed by atoms with Crippen LogP contribution < -0.4 is 10.6 Å². The van der Waals surface area contributed by atoms with Crippen LogP contribution in [0.15, 0.2) is 42.5 Å². The molecule has 0 unspecified atom stereocenters. The van der Waals surface area contributed by atoms with Crippen molar-refractivity contribution in [3.8, 4) is 0 Å². The van der Waals surface area contributed by atoms with Gasteiger partial charge >= 0.3 is 0 Å². The minimum Gasteiger partial charge on any atom is -0.347 e. The number of halogens is 2. The van der Waals surface area contributed by atoms with E-state index in [4.69, 9.17) is 11.6 Å². The number of amides is 2. The van der Waals surface area contributed by atoms with E-state index in [1.807, 2.05) is 20.8 Å². The third kappa shape index (κ3) is 4.80. The first-order valence-corrected chi connectivity index (χ1v) is 7.72. The molecule has 0 atom stereocenters. The average Bonchev–Trinajstić information content (AvgIpc) is 2.49. The first-order chi connectivity index (χ1) is 11.2. The van der Waals surface area contributed by atoms with Gasteiger partial charge in [0, 0.05) is 22.4 Å². The summed E-state index contributed by atoms with van der Waals surface area (Å²) in [7, 11) is 0. The van der Waals surface area contributed by atoms with Gasteiger partial charge in [-0.2, -0.15) is 0 Å². The van der Waals surface area contributed by atoms with Crippen molar-refractivity contribution in [2.45, 2.75) is 26.3 Å². The van der Waals surface area contributed by atoms with E-state index < -0.39 is 5.82 Å². The van der Waals surface area contributed by atoms with Gasteiger partial charge in [0.15, 0.2) is 0 Å². The molecule has 0 aliphatic rings. The Balaban J connectivity index is 2.08. The molecule has 4 nitrogen and oxygen atoms in total. The van der Waals surface area contributed by atoms with Crippen molar-refractivity contribution in [1.29, 1.82) is 0 Å². The molecule has 24 heavy (non-hydrogen) atoms. The lowest BCUT2D eigenvalue weighted by molar-refractivity contribution is 0.0918. The number of rotatable bonds is 3. The van der Waals surface area contributed by atoms with E-state index in [-0.39, 0.29) is 22.4 Å². The molecular formula is C18H18ClFN2O2. The van der Waals surface area contributed by atoms with Gasteiger partial charge in [-0.05, 0) is 63.2 Å². The SMILES string of the molecule is CC(C)(C)NC(=O)c1ccc(C(=O)Nc2ccc(F)c(Cl)c2)cc1. The Labute approximate surface area is 145 Å². The smallest absolute Gasteiger partial charge is 0.255 e. The molecule has 0 heterocycles. The molecule has 0 saturated heterocycles. The first-order valence-electron chi connectivity index (χ1n) is 7.35. The molecule has 0 fully saturated rings. The van der Waals surface area contributed by atoms with Crippen LogP contribution >= 0.6 is 11.6 Å². The molecule has 0 bridgehead atoms. The highest BCUT2D eigenvalue weighted by Gasteiger charge is 2.15. The fourth-order valence-corrected chi connectivity index (χ4v) is 2.14. The minimum atomic E-state index is -0.552. The summed E-state index contributed by atoms with van der Waals surface area (Å²) in [6.45, 7) is 5.67. The Morgan fingerprint density at radius 1 is 0.958 bits per heavy atom. The van der Waals surface area contributed by atoms with E-state index in [1.54, 1.807) is 24.3 Å². The number of hydrogen-bond donors (Lipinski definition) is 2. The molecule has 2 aromatic rings. The van der Waals surface area contributed by atoms with Crippen LogP contribution in [0.25, 0.3) is 0 Å². The number of carbonyl (C=O) groups excluding carboxylic acids is 2. The lowest BCUT2D eigenvalue weighted by Gasteiger charge is -2.20. The summed E-state index contributed by atoms with van der Waals surface area (Å²) < 4.78 is 13.1. The molecule has 0 saturated carbocycles. The van der Waals surface area contributed by atoms with Crippen molar-refractivity contribution in [1.82, 2.24) is 5.32 Å². The van der Waals surface area contributed by atoms with Gasteiger partial charge in [0.2, 0.25) is 0 Å². The van der Waals surface area contributed by atoms with E-state index in [1.165, 1.54) is 18.2 Å². The number of nitrogens with one attached hydrogen (secondary N) is 2. The number of carbonyl (C=O) groups is 2. The van der Waals surface area contributed by atoms with Gasteiger partial charge < -0.3 is 10.6 Å². The van der Waals surface area contributed by atoms with Gasteiger partial charge in [-0.25, -0.2) is 4.39 Å². The molecule has 0 aromatic heterocycles. The second kappa shape index (κ2) is 7.01. The maximum absolute atomic E-state index is 13.1. The lowest BCUT2D eigenvalue weighted by Crippen LogP contribution is -2.40. The largest absolute Gasteiger partial charge is 0.347 e. The summed E-state index contributed by atoms with van der Waals surface area (Å²) in [5.74, 6) is -1.14. The van der Waals surface area contributed by atoms with Crippen LogP contribution in [0, 0.1) is 5.82 Å². The fraction of sp³-hybridized carbons (Fsp3) is 0.222. The van der Waals surface area contributed by atoms with Crippen molar-refractivity contribution in [3.05, 3.63) is 64.4 Å². The van der Waals surface area contributed by atoms with Gasteiger partial charge in [-0.3, -0.25) is 9.59 Å². The maximum Gasteiger partial charge on any atom is 0.255 e. The number of benzene rings is 2. The summed E-state index contributed by atoms with van der Waals surface area (Å²) in [6, 6.07) is 10.2. The maximum atomic E-state index is 13.1. The topological polar surface area (TPSA) is 58.2 Å². The highest BCUT2D eigenvalue weighted by molar-refractivity contribution is 6.31. The Bertz CT molecular complexity index is 768. The Morgan fingerprint density at radius 3 is 2.00 bits per heavy atom. The zero-order valence-corrected chi connectivity index (χ0v) is 14.4. The molecule has 2 N–H and O–H groups in total. The predicted molar refractivity (Wildman–Crippen MR) is 93.0 cm³/mol. The van der Waals surface area contributed by atoms with Crippen molar-refractivity contribution in [2.75, 3.05) is 5.32 Å². The van der Waals surface area contributed by atoms with Crippen LogP contribution in [0.1, 0.15) is 41.5 Å². The van der Waals surface area contributed by atoms with Crippen LogP contribution in [0.5, 0.6) is 0 Å². The Morgan fingerprint density at radius 2 is 1.50 bits per heavy atom. The fourth-order valence-electron chi connectivity index (χ4n) is 1.96. The summed E-state index contributed by atoms with van der Waals surface area (Å²) in [4.78, 5) is 24.2. The first kappa shape index (κ1) is 17.9. The Hall–Kier alpha value is -2.40. The van der Waals surface area contributed by atoms with Gasteiger partial charge in [0.1, 0.15) is 5.82 Å².